The van der Waals surface area contributed by atoms with Crippen LogP contribution in [0, 0.1) is 5.92 Å². The first-order valence-corrected chi connectivity index (χ1v) is 6.45. The molecule has 0 atom stereocenters. The summed E-state index contributed by atoms with van der Waals surface area (Å²) in [5.74, 6) is 1.47. The predicted molar refractivity (Wildman–Crippen MR) is 67.7 cm³/mol. The van der Waals surface area contributed by atoms with Crippen LogP contribution in [0.15, 0.2) is 22.1 Å². The lowest BCUT2D eigenvalue weighted by Crippen LogP contribution is -2.04. The van der Waals surface area contributed by atoms with Gasteiger partial charge < -0.3 is 4.74 Å². The quantitative estimate of drug-likeness (QED) is 0.847. The van der Waals surface area contributed by atoms with Gasteiger partial charge in [-0.1, -0.05) is 13.8 Å². The smallest absolute Gasteiger partial charge is 0.160 e. The van der Waals surface area contributed by atoms with E-state index in [-0.39, 0.29) is 0 Å². The maximum Gasteiger partial charge on any atom is 0.160 e. The molecule has 0 aliphatic carbocycles. The summed E-state index contributed by atoms with van der Waals surface area (Å²) in [5.41, 5.74) is 1.02. The predicted octanol–water partition coefficient (Wildman–Crippen LogP) is 4.09. The third-order valence-corrected chi connectivity index (χ3v) is 3.39. The van der Waals surface area contributed by atoms with Gasteiger partial charge in [0.1, 0.15) is 5.75 Å². The first-order valence-electron chi connectivity index (χ1n) is 4.84. The molecular weight excluding hydrogens is 274 g/mol. The second-order valence-corrected chi connectivity index (χ2v) is 6.11. The van der Waals surface area contributed by atoms with Crippen molar-refractivity contribution in [3.8, 4) is 5.75 Å². The summed E-state index contributed by atoms with van der Waals surface area (Å²) >= 11 is 5.00. The highest BCUT2D eigenvalue weighted by molar-refractivity contribution is 9.11. The van der Waals surface area contributed by atoms with Crippen LogP contribution in [0.3, 0.4) is 0 Å². The fourth-order valence-corrected chi connectivity index (χ4v) is 2.66. The number of fused-ring (bicyclic) bond motifs is 1. The molecule has 1 aromatic carbocycles. The summed E-state index contributed by atoms with van der Waals surface area (Å²) in [7, 11) is 0. The molecule has 0 aliphatic rings. The fourth-order valence-electron chi connectivity index (χ4n) is 1.23. The zero-order valence-corrected chi connectivity index (χ0v) is 11.1. The van der Waals surface area contributed by atoms with Crippen molar-refractivity contribution in [2.75, 3.05) is 6.61 Å². The molecule has 0 radical (unpaired) electrons. The van der Waals surface area contributed by atoms with Gasteiger partial charge in [0.2, 0.25) is 0 Å². The number of rotatable bonds is 3. The molecule has 0 unspecified atom stereocenters. The Bertz CT molecular complexity index is 467. The Hall–Kier alpha value is -0.610. The molecule has 2 nitrogen and oxygen atoms in total. The number of hydrogen-bond acceptors (Lipinski definition) is 3. The zero-order valence-electron chi connectivity index (χ0n) is 8.66. The topological polar surface area (TPSA) is 22.1 Å². The second-order valence-electron chi connectivity index (χ2n) is 3.80. The molecule has 0 N–H and O–H groups in total. The molecule has 2 aromatic rings. The lowest BCUT2D eigenvalue weighted by atomic mass is 10.2. The van der Waals surface area contributed by atoms with E-state index in [1.807, 2.05) is 18.2 Å². The van der Waals surface area contributed by atoms with E-state index >= 15 is 0 Å². The van der Waals surface area contributed by atoms with Crippen molar-refractivity contribution >= 4 is 37.5 Å². The van der Waals surface area contributed by atoms with Gasteiger partial charge in [0.05, 0.1) is 16.8 Å². The van der Waals surface area contributed by atoms with E-state index in [4.69, 9.17) is 4.74 Å². The molecule has 0 fully saturated rings. The number of halogens is 1. The number of hydrogen-bond donors (Lipinski definition) is 0. The van der Waals surface area contributed by atoms with Crippen molar-refractivity contribution in [1.29, 1.82) is 0 Å². The first kappa shape index (κ1) is 10.9. The maximum absolute atomic E-state index is 5.65. The molecule has 0 amide bonds. The Kier molecular flexibility index (Phi) is 3.26. The monoisotopic (exact) mass is 285 g/mol. The maximum atomic E-state index is 5.65. The third-order valence-electron chi connectivity index (χ3n) is 1.92. The van der Waals surface area contributed by atoms with Crippen LogP contribution in [-0.4, -0.2) is 11.6 Å². The summed E-state index contributed by atoms with van der Waals surface area (Å²) in [6, 6.07) is 6.00. The average Bonchev–Trinajstić information content (AvgIpc) is 2.53. The van der Waals surface area contributed by atoms with E-state index in [1.54, 1.807) is 11.3 Å². The van der Waals surface area contributed by atoms with Crippen molar-refractivity contribution in [1.82, 2.24) is 4.98 Å². The van der Waals surface area contributed by atoms with Crippen LogP contribution in [0.25, 0.3) is 10.2 Å². The molecule has 1 heterocycles. The van der Waals surface area contributed by atoms with Gasteiger partial charge in [-0.2, -0.15) is 0 Å². The largest absolute Gasteiger partial charge is 0.493 e. The molecule has 80 valence electrons. The molecule has 0 spiro atoms. The van der Waals surface area contributed by atoms with E-state index in [1.165, 1.54) is 0 Å². The van der Waals surface area contributed by atoms with Crippen molar-refractivity contribution in [2.45, 2.75) is 13.8 Å². The number of benzene rings is 1. The highest BCUT2D eigenvalue weighted by atomic mass is 79.9. The Balaban J connectivity index is 2.22. The highest BCUT2D eigenvalue weighted by Crippen LogP contribution is 2.29. The Morgan fingerprint density at radius 3 is 3.00 bits per heavy atom. The van der Waals surface area contributed by atoms with Crippen LogP contribution < -0.4 is 4.74 Å². The molecule has 15 heavy (non-hydrogen) atoms. The molecule has 4 heteroatoms. The number of thiazole rings is 1. The molecule has 0 saturated carbocycles. The lowest BCUT2D eigenvalue weighted by molar-refractivity contribution is 0.271. The van der Waals surface area contributed by atoms with Gasteiger partial charge in [-0.15, -0.1) is 11.3 Å². The second kappa shape index (κ2) is 4.49. The van der Waals surface area contributed by atoms with Gasteiger partial charge in [0, 0.05) is 0 Å². The standard InChI is InChI=1S/C11H12BrNOS/c1-7(2)6-14-8-3-4-9-10(5-8)15-11(12)13-9/h3-5,7H,6H2,1-2H3. The molecule has 0 aliphatic heterocycles. The minimum absolute atomic E-state index is 0.550. The average molecular weight is 286 g/mol. The van der Waals surface area contributed by atoms with Gasteiger partial charge >= 0.3 is 0 Å². The van der Waals surface area contributed by atoms with Gasteiger partial charge in [-0.05, 0) is 40.0 Å². The number of aromatic nitrogens is 1. The van der Waals surface area contributed by atoms with Crippen LogP contribution in [-0.2, 0) is 0 Å². The minimum atomic E-state index is 0.550. The van der Waals surface area contributed by atoms with E-state index < -0.39 is 0 Å². The summed E-state index contributed by atoms with van der Waals surface area (Å²) in [6.45, 7) is 5.04. The van der Waals surface area contributed by atoms with Crippen molar-refractivity contribution in [2.24, 2.45) is 5.92 Å². The number of nitrogens with zero attached hydrogens (tertiary/aromatic N) is 1. The molecular formula is C11H12BrNOS. The lowest BCUT2D eigenvalue weighted by Gasteiger charge is -2.07. The summed E-state index contributed by atoms with van der Waals surface area (Å²) < 4.78 is 7.72. The van der Waals surface area contributed by atoms with E-state index in [0.29, 0.717) is 5.92 Å². The third kappa shape index (κ3) is 2.69. The van der Waals surface area contributed by atoms with Crippen molar-refractivity contribution < 1.29 is 4.74 Å². The Morgan fingerprint density at radius 1 is 1.47 bits per heavy atom. The van der Waals surface area contributed by atoms with Crippen LogP contribution in [0.5, 0.6) is 5.75 Å². The van der Waals surface area contributed by atoms with Crippen LogP contribution in [0.2, 0.25) is 0 Å². The van der Waals surface area contributed by atoms with Crippen LogP contribution in [0.1, 0.15) is 13.8 Å². The fraction of sp³-hybridized carbons (Fsp3) is 0.364. The summed E-state index contributed by atoms with van der Waals surface area (Å²) in [5, 5.41) is 0. The van der Waals surface area contributed by atoms with E-state index in [9.17, 15) is 0 Å². The molecule has 2 rings (SSSR count). The Labute approximate surface area is 101 Å². The van der Waals surface area contributed by atoms with E-state index in [2.05, 4.69) is 34.8 Å². The van der Waals surface area contributed by atoms with Crippen LogP contribution >= 0.6 is 27.3 Å². The first-order chi connectivity index (χ1) is 7.15. The van der Waals surface area contributed by atoms with Gasteiger partial charge in [-0.25, -0.2) is 4.98 Å². The van der Waals surface area contributed by atoms with Gasteiger partial charge in [-0.3, -0.25) is 0 Å². The normalized spacial score (nSPS) is 11.2. The van der Waals surface area contributed by atoms with Gasteiger partial charge in [0.25, 0.3) is 0 Å². The molecule has 1 aromatic heterocycles. The summed E-state index contributed by atoms with van der Waals surface area (Å²) in [4.78, 5) is 4.33. The van der Waals surface area contributed by atoms with Crippen molar-refractivity contribution in [3.05, 3.63) is 22.1 Å². The highest BCUT2D eigenvalue weighted by Gasteiger charge is 2.03. The molecule has 0 bridgehead atoms. The SMILES string of the molecule is CC(C)COc1ccc2nc(Br)sc2c1. The van der Waals surface area contributed by atoms with E-state index in [0.717, 1.165) is 26.5 Å². The van der Waals surface area contributed by atoms with Gasteiger partial charge in [0.15, 0.2) is 3.92 Å². The zero-order chi connectivity index (χ0) is 10.8. The number of ether oxygens (including phenoxy) is 1. The summed E-state index contributed by atoms with van der Waals surface area (Å²) in [6.07, 6.45) is 0. The Morgan fingerprint density at radius 2 is 2.27 bits per heavy atom. The minimum Gasteiger partial charge on any atom is -0.493 e. The van der Waals surface area contributed by atoms with Crippen molar-refractivity contribution in [3.63, 3.8) is 0 Å². The van der Waals surface area contributed by atoms with Crippen LogP contribution in [0.4, 0.5) is 0 Å². The molecule has 0 saturated heterocycles.